The zero-order valence-corrected chi connectivity index (χ0v) is 20.7. The summed E-state index contributed by atoms with van der Waals surface area (Å²) in [4.78, 5) is 0. The predicted octanol–water partition coefficient (Wildman–Crippen LogP) is 9.05. The first kappa shape index (κ1) is 22.0. The number of allylic oxidation sites excluding steroid dienone is 1. The van der Waals surface area contributed by atoms with Gasteiger partial charge < -0.3 is 0 Å². The lowest BCUT2D eigenvalue weighted by Gasteiger charge is -2.65. The molecule has 0 spiro atoms. The molecule has 29 heavy (non-hydrogen) atoms. The van der Waals surface area contributed by atoms with E-state index in [4.69, 9.17) is 0 Å². The van der Waals surface area contributed by atoms with E-state index in [2.05, 4.69) is 48.1 Å². The summed E-state index contributed by atoms with van der Waals surface area (Å²) in [6.07, 6.45) is 17.4. The van der Waals surface area contributed by atoms with Gasteiger partial charge in [0.2, 0.25) is 0 Å². The molecule has 0 aromatic carbocycles. The Morgan fingerprint density at radius 3 is 2.41 bits per heavy atom. The minimum absolute atomic E-state index is 0.558. The van der Waals surface area contributed by atoms with Gasteiger partial charge in [0.05, 0.1) is 0 Å². The Balaban J connectivity index is 1.50. The van der Waals surface area contributed by atoms with Gasteiger partial charge in [-0.15, -0.1) is 0 Å². The van der Waals surface area contributed by atoms with Gasteiger partial charge in [0.15, 0.2) is 0 Å². The van der Waals surface area contributed by atoms with Crippen molar-refractivity contribution < 1.29 is 0 Å². The third kappa shape index (κ3) is 3.47. The van der Waals surface area contributed by atoms with Crippen LogP contribution in [0.3, 0.4) is 0 Å². The highest BCUT2D eigenvalue weighted by Crippen LogP contribution is 2.71. The summed E-state index contributed by atoms with van der Waals surface area (Å²) in [6.45, 7) is 20.0. The molecule has 0 aliphatic heterocycles. The second kappa shape index (κ2) is 7.70. The zero-order chi connectivity index (χ0) is 21.0. The Hall–Kier alpha value is -0.260. The van der Waals surface area contributed by atoms with Crippen LogP contribution in [0.15, 0.2) is 12.2 Å². The maximum Gasteiger partial charge on any atom is -0.0149 e. The summed E-state index contributed by atoms with van der Waals surface area (Å²) in [7, 11) is 0. The van der Waals surface area contributed by atoms with E-state index in [9.17, 15) is 0 Å². The van der Waals surface area contributed by atoms with Crippen LogP contribution in [0.5, 0.6) is 0 Å². The molecule has 0 aromatic heterocycles. The molecule has 4 fully saturated rings. The fourth-order valence-corrected chi connectivity index (χ4v) is 9.52. The fourth-order valence-electron chi connectivity index (χ4n) is 9.52. The number of hydrogen-bond acceptors (Lipinski definition) is 0. The molecular weight excluding hydrogens is 348 g/mol. The van der Waals surface area contributed by atoms with Crippen molar-refractivity contribution in [3.8, 4) is 0 Å². The SMILES string of the molecule is C=C(CCCC(C)C)C1CCC2C3CCC4(C)CC(C)CCC4(C)C3CCC12C. The lowest BCUT2D eigenvalue weighted by Crippen LogP contribution is -2.57. The average Bonchev–Trinajstić information content (AvgIpc) is 2.99. The molecular formula is C29H50. The molecule has 0 bridgehead atoms. The van der Waals surface area contributed by atoms with Gasteiger partial charge in [0.25, 0.3) is 0 Å². The van der Waals surface area contributed by atoms with Gasteiger partial charge in [-0.1, -0.05) is 66.5 Å². The first-order valence-corrected chi connectivity index (χ1v) is 13.3. The van der Waals surface area contributed by atoms with Crippen molar-refractivity contribution >= 4 is 0 Å². The molecule has 4 rings (SSSR count). The summed E-state index contributed by atoms with van der Waals surface area (Å²) in [5.74, 6) is 5.58. The second-order valence-corrected chi connectivity index (χ2v) is 13.4. The molecule has 166 valence electrons. The molecule has 0 aromatic rings. The van der Waals surface area contributed by atoms with Crippen molar-refractivity contribution in [2.75, 3.05) is 0 Å². The fraction of sp³-hybridized carbons (Fsp3) is 0.931. The lowest BCUT2D eigenvalue weighted by atomic mass is 9.40. The summed E-state index contributed by atoms with van der Waals surface area (Å²) in [5, 5.41) is 0. The summed E-state index contributed by atoms with van der Waals surface area (Å²) >= 11 is 0. The highest BCUT2D eigenvalue weighted by Gasteiger charge is 2.63. The highest BCUT2D eigenvalue weighted by molar-refractivity contribution is 5.17. The van der Waals surface area contributed by atoms with Gasteiger partial charge in [-0.2, -0.15) is 0 Å². The molecule has 0 heterocycles. The van der Waals surface area contributed by atoms with Crippen LogP contribution in [-0.2, 0) is 0 Å². The molecule has 0 saturated heterocycles. The molecule has 4 saturated carbocycles. The standard InChI is InChI=1S/C29H50/c1-20(2)9-8-10-22(4)24-11-12-25-23-14-16-27(5)19-21(3)13-18-29(27,7)26(23)15-17-28(24,25)6/h20-21,23-26H,4,8-19H2,1-3,5-7H3. The van der Waals surface area contributed by atoms with Crippen molar-refractivity contribution in [2.45, 2.75) is 119 Å². The normalized spacial score (nSPS) is 49.4. The minimum atomic E-state index is 0.558. The van der Waals surface area contributed by atoms with E-state index >= 15 is 0 Å². The van der Waals surface area contributed by atoms with Crippen LogP contribution in [0.25, 0.3) is 0 Å². The molecule has 0 nitrogen and oxygen atoms in total. The van der Waals surface area contributed by atoms with Crippen molar-refractivity contribution in [1.29, 1.82) is 0 Å². The van der Waals surface area contributed by atoms with Gasteiger partial charge in [-0.05, 0) is 116 Å². The molecule has 4 aliphatic carbocycles. The number of hydrogen-bond donors (Lipinski definition) is 0. The minimum Gasteiger partial charge on any atom is -0.0996 e. The first-order chi connectivity index (χ1) is 13.6. The maximum atomic E-state index is 4.67. The smallest absolute Gasteiger partial charge is 0.0149 e. The van der Waals surface area contributed by atoms with E-state index in [1.54, 1.807) is 5.57 Å². The Morgan fingerprint density at radius 2 is 1.69 bits per heavy atom. The lowest BCUT2D eigenvalue weighted by molar-refractivity contribution is -0.158. The predicted molar refractivity (Wildman–Crippen MR) is 127 cm³/mol. The molecule has 0 amide bonds. The van der Waals surface area contributed by atoms with E-state index in [0.717, 1.165) is 35.5 Å². The first-order valence-electron chi connectivity index (χ1n) is 13.3. The van der Waals surface area contributed by atoms with E-state index in [0.29, 0.717) is 16.2 Å². The van der Waals surface area contributed by atoms with Gasteiger partial charge in [-0.3, -0.25) is 0 Å². The van der Waals surface area contributed by atoms with Gasteiger partial charge in [-0.25, -0.2) is 0 Å². The van der Waals surface area contributed by atoms with Crippen molar-refractivity contribution in [2.24, 2.45) is 51.8 Å². The van der Waals surface area contributed by atoms with Crippen molar-refractivity contribution in [3.05, 3.63) is 12.2 Å². The molecule has 8 unspecified atom stereocenters. The Bertz CT molecular complexity index is 616. The van der Waals surface area contributed by atoms with E-state index in [1.807, 2.05) is 0 Å². The Labute approximate surface area is 182 Å². The highest BCUT2D eigenvalue weighted by atomic mass is 14.7. The van der Waals surface area contributed by atoms with Crippen LogP contribution in [0.1, 0.15) is 119 Å². The van der Waals surface area contributed by atoms with Crippen molar-refractivity contribution in [3.63, 3.8) is 0 Å². The third-order valence-electron chi connectivity index (χ3n) is 11.4. The Kier molecular flexibility index (Phi) is 5.83. The van der Waals surface area contributed by atoms with Crippen LogP contribution < -0.4 is 0 Å². The third-order valence-corrected chi connectivity index (χ3v) is 11.4. The number of fused-ring (bicyclic) bond motifs is 5. The van der Waals surface area contributed by atoms with Crippen LogP contribution in [0.4, 0.5) is 0 Å². The summed E-state index contributed by atoms with van der Waals surface area (Å²) in [5.41, 5.74) is 3.39. The monoisotopic (exact) mass is 398 g/mol. The quantitative estimate of drug-likeness (QED) is 0.405. The van der Waals surface area contributed by atoms with Gasteiger partial charge >= 0.3 is 0 Å². The number of rotatable bonds is 5. The topological polar surface area (TPSA) is 0 Å². The van der Waals surface area contributed by atoms with Crippen molar-refractivity contribution in [1.82, 2.24) is 0 Å². The summed E-state index contributed by atoms with van der Waals surface area (Å²) in [6, 6.07) is 0. The van der Waals surface area contributed by atoms with Crippen LogP contribution in [-0.4, -0.2) is 0 Å². The molecule has 0 radical (unpaired) electrons. The van der Waals surface area contributed by atoms with E-state index in [-0.39, 0.29) is 0 Å². The average molecular weight is 399 g/mol. The molecule has 0 N–H and O–H groups in total. The Morgan fingerprint density at radius 1 is 0.931 bits per heavy atom. The van der Waals surface area contributed by atoms with Gasteiger partial charge in [0, 0.05) is 0 Å². The summed E-state index contributed by atoms with van der Waals surface area (Å²) < 4.78 is 0. The van der Waals surface area contributed by atoms with Crippen LogP contribution in [0.2, 0.25) is 0 Å². The maximum absolute atomic E-state index is 4.67. The molecule has 4 aliphatic rings. The van der Waals surface area contributed by atoms with E-state index < -0.39 is 0 Å². The second-order valence-electron chi connectivity index (χ2n) is 13.4. The molecule has 0 heteroatoms. The van der Waals surface area contributed by atoms with E-state index in [1.165, 1.54) is 77.0 Å². The van der Waals surface area contributed by atoms with Gasteiger partial charge in [0.1, 0.15) is 0 Å². The molecule has 8 atom stereocenters. The van der Waals surface area contributed by atoms with Crippen LogP contribution >= 0.6 is 0 Å². The largest absolute Gasteiger partial charge is 0.0996 e. The zero-order valence-electron chi connectivity index (χ0n) is 20.7. The van der Waals surface area contributed by atoms with Crippen LogP contribution in [0, 0.1) is 51.8 Å².